The van der Waals surface area contributed by atoms with Crippen LogP contribution in [0.3, 0.4) is 0 Å². The lowest BCUT2D eigenvalue weighted by Crippen LogP contribution is -2.50. The van der Waals surface area contributed by atoms with Crippen molar-refractivity contribution in [1.82, 2.24) is 4.90 Å². The van der Waals surface area contributed by atoms with Gasteiger partial charge in [-0.2, -0.15) is 8.42 Å². The van der Waals surface area contributed by atoms with Gasteiger partial charge in [0.05, 0.1) is 16.6 Å². The summed E-state index contributed by atoms with van der Waals surface area (Å²) in [6.07, 6.45) is 1.95. The van der Waals surface area contributed by atoms with E-state index in [0.717, 1.165) is 43.9 Å². The zero-order chi connectivity index (χ0) is 21.2. The molecular weight excluding hydrogens is 433 g/mol. The topological polar surface area (TPSA) is 69.7 Å². The maximum atomic E-state index is 12.5. The van der Waals surface area contributed by atoms with Crippen LogP contribution < -0.4 is 10.2 Å². The highest BCUT2D eigenvalue weighted by Crippen LogP contribution is 2.28. The Morgan fingerprint density at radius 1 is 1.03 bits per heavy atom. The van der Waals surface area contributed by atoms with Crippen molar-refractivity contribution in [3.63, 3.8) is 0 Å². The van der Waals surface area contributed by atoms with Crippen molar-refractivity contribution < 1.29 is 13.2 Å². The number of halogens is 2. The number of hydrogen-bond acceptors (Lipinski definition) is 5. The van der Waals surface area contributed by atoms with Gasteiger partial charge in [0.1, 0.15) is 0 Å². The van der Waals surface area contributed by atoms with Gasteiger partial charge in [-0.25, -0.2) is 0 Å². The van der Waals surface area contributed by atoms with Crippen LogP contribution in [0.15, 0.2) is 42.5 Å². The lowest BCUT2D eigenvalue weighted by atomic mass is 10.1. The maximum absolute atomic E-state index is 12.5. The second-order valence-electron chi connectivity index (χ2n) is 6.52. The second-order valence-corrected chi connectivity index (χ2v) is 7.47. The molecule has 0 aliphatic carbocycles. The van der Waals surface area contributed by atoms with Crippen LogP contribution in [0, 0.1) is 0 Å². The third-order valence-corrected chi connectivity index (χ3v) is 5.46. The highest BCUT2D eigenvalue weighted by Gasteiger charge is 2.24. The van der Waals surface area contributed by atoms with Gasteiger partial charge in [0.25, 0.3) is 0 Å². The summed E-state index contributed by atoms with van der Waals surface area (Å²) >= 11 is 11.3. The lowest BCUT2D eigenvalue weighted by Gasteiger charge is -2.35. The Balaban J connectivity index is 0.000000941. The van der Waals surface area contributed by atoms with Gasteiger partial charge in [-0.15, -0.1) is 0 Å². The smallest absolute Gasteiger partial charge is 0.335 e. The van der Waals surface area contributed by atoms with E-state index in [1.807, 2.05) is 24.1 Å². The zero-order valence-electron chi connectivity index (χ0n) is 16.1. The third-order valence-electron chi connectivity index (χ3n) is 4.72. The molecule has 9 heteroatoms. The van der Waals surface area contributed by atoms with Crippen molar-refractivity contribution >= 4 is 52.1 Å². The Morgan fingerprint density at radius 2 is 1.72 bits per heavy atom. The summed E-state index contributed by atoms with van der Waals surface area (Å²) in [6, 6.07) is 13.9. The molecule has 0 atom stereocenters. The summed E-state index contributed by atoms with van der Waals surface area (Å²) < 4.78 is 16.6. The van der Waals surface area contributed by atoms with Gasteiger partial charge in [-0.1, -0.05) is 35.3 Å². The first kappa shape index (κ1) is 23.2. The Labute approximate surface area is 184 Å². The molecule has 1 amide bonds. The molecule has 0 unspecified atom stereocenters. The van der Waals surface area contributed by atoms with Crippen molar-refractivity contribution in [2.45, 2.75) is 12.8 Å². The van der Waals surface area contributed by atoms with E-state index in [2.05, 4.69) is 34.5 Å². The minimum Gasteiger partial charge on any atom is -0.388 e. The Bertz CT molecular complexity index is 859. The lowest BCUT2D eigenvalue weighted by molar-refractivity contribution is -0.131. The molecule has 6 nitrogen and oxygen atoms in total. The number of hydrogen-bond donors (Lipinski definition) is 1. The molecule has 29 heavy (non-hydrogen) atoms. The number of aryl methyl sites for hydroxylation is 1. The van der Waals surface area contributed by atoms with Gasteiger partial charge < -0.3 is 15.1 Å². The number of rotatable bonds is 6. The van der Waals surface area contributed by atoms with E-state index in [1.165, 1.54) is 5.56 Å². The first-order chi connectivity index (χ1) is 14.0. The molecule has 1 heterocycles. The van der Waals surface area contributed by atoms with Crippen LogP contribution in [0.1, 0.15) is 12.0 Å². The molecule has 1 aliphatic rings. The van der Waals surface area contributed by atoms with Crippen LogP contribution in [0.4, 0.5) is 11.4 Å². The van der Waals surface area contributed by atoms with E-state index in [9.17, 15) is 4.79 Å². The van der Waals surface area contributed by atoms with Crippen LogP contribution in [0.2, 0.25) is 10.0 Å². The Morgan fingerprint density at radius 3 is 2.31 bits per heavy atom. The molecule has 3 rings (SSSR count). The number of nitrogens with one attached hydrogen (secondary N) is 1. The zero-order valence-corrected chi connectivity index (χ0v) is 18.4. The Kier molecular flexibility index (Phi) is 9.44. The molecule has 0 radical (unpaired) electrons. The van der Waals surface area contributed by atoms with Gasteiger partial charge >= 0.3 is 11.6 Å². The van der Waals surface area contributed by atoms with Crippen molar-refractivity contribution in [2.75, 3.05) is 43.4 Å². The van der Waals surface area contributed by atoms with Crippen LogP contribution in [0.25, 0.3) is 0 Å². The summed E-state index contributed by atoms with van der Waals surface area (Å²) in [7, 11) is 1.91. The number of nitrogens with zero attached hydrogens (tertiary/aromatic N) is 2. The average molecular weight is 456 g/mol. The molecule has 2 aromatic rings. The Hall–Kier alpha value is -2.09. The monoisotopic (exact) mass is 455 g/mol. The van der Waals surface area contributed by atoms with E-state index in [4.69, 9.17) is 31.6 Å². The predicted octanol–water partition coefficient (Wildman–Crippen LogP) is 3.65. The number of carbonyl (C=O) groups is 1. The summed E-state index contributed by atoms with van der Waals surface area (Å²) in [5.41, 5.74) is 3.35. The fourth-order valence-electron chi connectivity index (χ4n) is 3.16. The first-order valence-electron chi connectivity index (χ1n) is 9.14. The van der Waals surface area contributed by atoms with Crippen LogP contribution >= 0.6 is 23.2 Å². The normalized spacial score (nSPS) is 13.6. The molecule has 1 N–H and O–H groups in total. The van der Waals surface area contributed by atoms with Crippen LogP contribution in [-0.2, 0) is 22.8 Å². The number of anilines is 2. The van der Waals surface area contributed by atoms with E-state index in [1.54, 1.807) is 6.07 Å². The average Bonchev–Trinajstić information content (AvgIpc) is 2.72. The van der Waals surface area contributed by atoms with E-state index in [-0.39, 0.29) is 5.91 Å². The quantitative estimate of drug-likeness (QED) is 0.719. The molecular formula is C20H23Cl2N3O3S. The molecule has 2 aromatic carbocycles. The molecule has 0 saturated carbocycles. The summed E-state index contributed by atoms with van der Waals surface area (Å²) in [5, 5.41) is 4.17. The van der Waals surface area contributed by atoms with Gasteiger partial charge in [0.15, 0.2) is 0 Å². The van der Waals surface area contributed by atoms with E-state index >= 15 is 0 Å². The first-order valence-corrected chi connectivity index (χ1v) is 10.6. The highest BCUT2D eigenvalue weighted by molar-refractivity contribution is 7.51. The molecule has 0 aromatic heterocycles. The fraction of sp³-hybridized carbons (Fsp3) is 0.350. The van der Waals surface area contributed by atoms with Crippen molar-refractivity contribution in [3.05, 3.63) is 58.1 Å². The maximum Gasteiger partial charge on any atom is 0.335 e. The van der Waals surface area contributed by atoms with Crippen molar-refractivity contribution in [1.29, 1.82) is 0 Å². The van der Waals surface area contributed by atoms with Gasteiger partial charge in [-0.05, 0) is 48.7 Å². The largest absolute Gasteiger partial charge is 0.388 e. The number of amides is 1. The van der Waals surface area contributed by atoms with Crippen LogP contribution in [0.5, 0.6) is 0 Å². The fourth-order valence-corrected chi connectivity index (χ4v) is 3.45. The highest BCUT2D eigenvalue weighted by atomic mass is 35.5. The van der Waals surface area contributed by atoms with Crippen molar-refractivity contribution in [2.24, 2.45) is 0 Å². The molecule has 1 saturated heterocycles. The molecule has 1 aliphatic heterocycles. The summed E-state index contributed by atoms with van der Waals surface area (Å²) in [6.45, 7) is 2.72. The minimum atomic E-state index is -0.750. The van der Waals surface area contributed by atoms with E-state index < -0.39 is 11.6 Å². The number of benzene rings is 2. The predicted molar refractivity (Wildman–Crippen MR) is 118 cm³/mol. The number of piperazine rings is 1. The molecule has 0 spiro atoms. The minimum absolute atomic E-state index is 0.160. The summed E-state index contributed by atoms with van der Waals surface area (Å²) in [4.78, 5) is 16.5. The van der Waals surface area contributed by atoms with Gasteiger partial charge in [-0.3, -0.25) is 4.79 Å². The second kappa shape index (κ2) is 11.8. The molecule has 0 bridgehead atoms. The number of carbonyl (C=O) groups excluding carboxylic acids is 1. The molecule has 156 valence electrons. The van der Waals surface area contributed by atoms with Gasteiger partial charge in [0, 0.05) is 38.1 Å². The summed E-state index contributed by atoms with van der Waals surface area (Å²) in [5.74, 6) is 0.160. The van der Waals surface area contributed by atoms with Gasteiger partial charge in [0.2, 0.25) is 5.91 Å². The standard InChI is InChI=1S/C20H23Cl2N3O.O2S/c1-23-16-6-4-15(5-7-16)3-2-10-24-11-12-25(14-20(24)26)17-8-9-18(21)19(22)13-17;1-3-2/h4-9,13,23H,2-3,10-12,14H2,1H3;. The third kappa shape index (κ3) is 7.03. The SMILES string of the molecule is CNc1ccc(CCCN2CCN(c3ccc(Cl)c(Cl)c3)CC2=O)cc1.O=S=O. The van der Waals surface area contributed by atoms with Crippen molar-refractivity contribution in [3.8, 4) is 0 Å². The van der Waals surface area contributed by atoms with Crippen LogP contribution in [-0.4, -0.2) is 52.5 Å². The van der Waals surface area contributed by atoms with E-state index in [0.29, 0.717) is 16.6 Å². The molecule has 1 fully saturated rings.